The Kier molecular flexibility index (Phi) is 6.40. The minimum atomic E-state index is -0.203. The summed E-state index contributed by atoms with van der Waals surface area (Å²) < 4.78 is 5.61. The van der Waals surface area contributed by atoms with E-state index in [9.17, 15) is 4.79 Å². The van der Waals surface area contributed by atoms with Crippen molar-refractivity contribution in [1.29, 1.82) is 0 Å². The Labute approximate surface area is 127 Å². The molecule has 0 aliphatic rings. The Morgan fingerprint density at radius 1 is 1.10 bits per heavy atom. The van der Waals surface area contributed by atoms with Crippen LogP contribution in [0.5, 0.6) is 0 Å². The third kappa shape index (κ3) is 5.98. The van der Waals surface area contributed by atoms with E-state index in [1.165, 1.54) is 0 Å². The summed E-state index contributed by atoms with van der Waals surface area (Å²) in [6.07, 6.45) is -0.0403. The molecule has 0 fully saturated rings. The van der Waals surface area contributed by atoms with Gasteiger partial charge in [-0.05, 0) is 45.7 Å². The molecule has 1 atom stereocenters. The summed E-state index contributed by atoms with van der Waals surface area (Å²) >= 11 is 0. The molecule has 1 N–H and O–H groups in total. The van der Waals surface area contributed by atoms with Crippen LogP contribution in [0.25, 0.3) is 0 Å². The highest BCUT2D eigenvalue weighted by molar-refractivity contribution is 6.04. The second-order valence-electron chi connectivity index (χ2n) is 5.91. The van der Waals surface area contributed by atoms with Crippen LogP contribution in [0.3, 0.4) is 0 Å². The monoisotopic (exact) mass is 290 g/mol. The van der Waals surface area contributed by atoms with Crippen LogP contribution in [0, 0.1) is 12.8 Å². The molecule has 0 aliphatic carbocycles. The molecule has 21 heavy (non-hydrogen) atoms. The van der Waals surface area contributed by atoms with E-state index in [1.54, 1.807) is 12.1 Å². The van der Waals surface area contributed by atoms with Gasteiger partial charge in [-0.1, -0.05) is 31.5 Å². The molecule has 0 saturated heterocycles. The lowest BCUT2D eigenvalue weighted by Gasteiger charge is -2.17. The first-order valence-corrected chi connectivity index (χ1v) is 7.42. The smallest absolute Gasteiger partial charge is 0.292 e. The molecule has 0 unspecified atom stereocenters. The van der Waals surface area contributed by atoms with Crippen molar-refractivity contribution < 1.29 is 9.53 Å². The summed E-state index contributed by atoms with van der Waals surface area (Å²) in [5.74, 6) is 0.178. The van der Waals surface area contributed by atoms with Gasteiger partial charge < -0.3 is 4.74 Å². The number of carbonyl (C=O) groups is 1. The zero-order chi connectivity index (χ0) is 16.0. The minimum Gasteiger partial charge on any atom is -0.462 e. The highest BCUT2D eigenvalue weighted by Crippen LogP contribution is 2.07. The molecule has 0 aromatic heterocycles. The quantitative estimate of drug-likeness (QED) is 0.681. The Bertz CT molecular complexity index is 490. The van der Waals surface area contributed by atoms with Crippen molar-refractivity contribution in [3.8, 4) is 0 Å². The minimum absolute atomic E-state index is 0.0403. The molecule has 0 heterocycles. The second-order valence-corrected chi connectivity index (χ2v) is 5.91. The lowest BCUT2D eigenvalue weighted by atomic mass is 10.1. The van der Waals surface area contributed by atoms with Gasteiger partial charge in [0, 0.05) is 5.56 Å². The number of amides is 1. The van der Waals surface area contributed by atoms with Crippen LogP contribution in [0.2, 0.25) is 0 Å². The van der Waals surface area contributed by atoms with Crippen LogP contribution in [0.4, 0.5) is 0 Å². The number of aliphatic imine (C=N–C) groups is 1. The summed E-state index contributed by atoms with van der Waals surface area (Å²) in [6, 6.07) is 7.78. The predicted molar refractivity (Wildman–Crippen MR) is 86.6 cm³/mol. The van der Waals surface area contributed by atoms with Crippen LogP contribution >= 0.6 is 0 Å². The molecule has 4 heteroatoms. The van der Waals surface area contributed by atoms with Gasteiger partial charge in [0.05, 0.1) is 12.1 Å². The number of ether oxygens (including phenoxy) is 1. The van der Waals surface area contributed by atoms with Crippen molar-refractivity contribution in [3.05, 3.63) is 35.4 Å². The average Bonchev–Trinajstić information content (AvgIpc) is 2.38. The number of benzene rings is 1. The van der Waals surface area contributed by atoms with Gasteiger partial charge >= 0.3 is 0 Å². The second kappa shape index (κ2) is 7.81. The van der Waals surface area contributed by atoms with Crippen molar-refractivity contribution in [3.63, 3.8) is 0 Å². The first-order valence-electron chi connectivity index (χ1n) is 7.42. The van der Waals surface area contributed by atoms with Crippen molar-refractivity contribution in [2.75, 3.05) is 0 Å². The van der Waals surface area contributed by atoms with E-state index in [4.69, 9.17) is 4.74 Å². The van der Waals surface area contributed by atoms with Gasteiger partial charge in [-0.15, -0.1) is 0 Å². The highest BCUT2D eigenvalue weighted by atomic mass is 16.5. The highest BCUT2D eigenvalue weighted by Gasteiger charge is 2.14. The summed E-state index contributed by atoms with van der Waals surface area (Å²) in [6.45, 7) is 12.0. The molecule has 1 aromatic rings. The fourth-order valence-corrected chi connectivity index (χ4v) is 1.52. The fourth-order valence-electron chi connectivity index (χ4n) is 1.52. The van der Waals surface area contributed by atoms with Crippen molar-refractivity contribution >= 4 is 11.9 Å². The molecular formula is C17H26N2O2. The molecule has 1 aromatic carbocycles. The number of nitrogens with one attached hydrogen (secondary N) is 1. The predicted octanol–water partition coefficient (Wildman–Crippen LogP) is 3.55. The van der Waals surface area contributed by atoms with E-state index in [0.717, 1.165) is 5.56 Å². The lowest BCUT2D eigenvalue weighted by molar-refractivity contribution is 0.0959. The van der Waals surface area contributed by atoms with E-state index in [2.05, 4.69) is 24.2 Å². The van der Waals surface area contributed by atoms with Gasteiger partial charge in [0.1, 0.15) is 0 Å². The van der Waals surface area contributed by atoms with Crippen LogP contribution in [-0.4, -0.2) is 24.1 Å². The third-order valence-corrected chi connectivity index (χ3v) is 3.17. The molecule has 0 radical (unpaired) electrons. The van der Waals surface area contributed by atoms with E-state index in [-0.39, 0.29) is 24.1 Å². The Balaban J connectivity index is 2.85. The van der Waals surface area contributed by atoms with Crippen LogP contribution in [0.15, 0.2) is 29.3 Å². The molecule has 1 amide bonds. The Morgan fingerprint density at radius 2 is 1.67 bits per heavy atom. The number of aryl methyl sites for hydroxylation is 1. The van der Waals surface area contributed by atoms with Gasteiger partial charge in [0.25, 0.3) is 11.9 Å². The standard InChI is InChI=1S/C17H26N2O2/c1-11(2)14(6)18-17(21-12(3)4)19-16(20)15-9-7-13(5)8-10-15/h7-12,14H,1-6H3,(H,18,19,20)/t14-/m0/s1. The molecule has 0 spiro atoms. The molecule has 0 aliphatic heterocycles. The largest absolute Gasteiger partial charge is 0.462 e. The maximum Gasteiger partial charge on any atom is 0.292 e. The van der Waals surface area contributed by atoms with Gasteiger partial charge in [-0.2, -0.15) is 0 Å². The van der Waals surface area contributed by atoms with Crippen molar-refractivity contribution in [2.45, 2.75) is 53.7 Å². The summed E-state index contributed by atoms with van der Waals surface area (Å²) in [5, 5.41) is 2.76. The molecular weight excluding hydrogens is 264 g/mol. The summed E-state index contributed by atoms with van der Waals surface area (Å²) in [7, 11) is 0. The van der Waals surface area contributed by atoms with Gasteiger partial charge in [0.15, 0.2) is 0 Å². The molecule has 116 valence electrons. The van der Waals surface area contributed by atoms with Crippen LogP contribution < -0.4 is 5.32 Å². The zero-order valence-corrected chi connectivity index (χ0v) is 13.8. The summed E-state index contributed by atoms with van der Waals surface area (Å²) in [5.41, 5.74) is 1.71. The number of rotatable bonds is 4. The average molecular weight is 290 g/mol. The van der Waals surface area contributed by atoms with E-state index >= 15 is 0 Å². The van der Waals surface area contributed by atoms with E-state index < -0.39 is 0 Å². The number of nitrogens with zero attached hydrogens (tertiary/aromatic N) is 1. The number of hydrogen-bond acceptors (Lipinski definition) is 3. The van der Waals surface area contributed by atoms with Crippen LogP contribution in [0.1, 0.15) is 50.5 Å². The normalized spacial score (nSPS) is 13.4. The van der Waals surface area contributed by atoms with Gasteiger partial charge in [-0.3, -0.25) is 10.1 Å². The van der Waals surface area contributed by atoms with E-state index in [0.29, 0.717) is 11.5 Å². The Hall–Kier alpha value is -1.84. The fraction of sp³-hybridized carbons (Fsp3) is 0.529. The summed E-state index contributed by atoms with van der Waals surface area (Å²) in [4.78, 5) is 16.7. The molecule has 4 nitrogen and oxygen atoms in total. The van der Waals surface area contributed by atoms with Crippen LogP contribution in [-0.2, 0) is 4.74 Å². The maximum atomic E-state index is 12.2. The molecule has 1 rings (SSSR count). The lowest BCUT2D eigenvalue weighted by Crippen LogP contribution is -2.35. The third-order valence-electron chi connectivity index (χ3n) is 3.17. The first kappa shape index (κ1) is 17.2. The topological polar surface area (TPSA) is 50.7 Å². The van der Waals surface area contributed by atoms with Crippen molar-refractivity contribution in [2.24, 2.45) is 10.9 Å². The maximum absolute atomic E-state index is 12.2. The van der Waals surface area contributed by atoms with Crippen molar-refractivity contribution in [1.82, 2.24) is 5.32 Å². The van der Waals surface area contributed by atoms with E-state index in [1.807, 2.05) is 39.8 Å². The molecule has 0 saturated carbocycles. The Morgan fingerprint density at radius 3 is 2.14 bits per heavy atom. The van der Waals surface area contributed by atoms with Gasteiger partial charge in [-0.25, -0.2) is 4.99 Å². The number of amidine groups is 1. The number of carbonyl (C=O) groups excluding carboxylic acids is 1. The number of hydrogen-bond donors (Lipinski definition) is 1. The first-order chi connectivity index (χ1) is 9.79. The SMILES string of the molecule is Cc1ccc(C(=O)NC(=N[C@@H](C)C(C)C)OC(C)C)cc1. The van der Waals surface area contributed by atoms with Gasteiger partial charge in [0.2, 0.25) is 0 Å². The zero-order valence-electron chi connectivity index (χ0n) is 13.8. The molecule has 0 bridgehead atoms.